The summed E-state index contributed by atoms with van der Waals surface area (Å²) in [5.74, 6) is -0.463. The summed E-state index contributed by atoms with van der Waals surface area (Å²) in [6, 6.07) is 0. The van der Waals surface area contributed by atoms with E-state index in [0.29, 0.717) is 30.3 Å². The van der Waals surface area contributed by atoms with Crippen LogP contribution < -0.4 is 0 Å². The van der Waals surface area contributed by atoms with Gasteiger partial charge in [-0.25, -0.2) is 4.79 Å². The van der Waals surface area contributed by atoms with Gasteiger partial charge in [-0.15, -0.1) is 0 Å². The average molecular weight is 615 g/mol. The van der Waals surface area contributed by atoms with Crippen molar-refractivity contribution in [1.29, 1.82) is 0 Å². The minimum atomic E-state index is -1.21. The quantitative estimate of drug-likeness (QED) is 0.198. The number of esters is 2. The van der Waals surface area contributed by atoms with Gasteiger partial charge in [0.25, 0.3) is 0 Å². The molecule has 7 nitrogen and oxygen atoms in total. The molecule has 7 heteroatoms. The first-order valence-corrected chi connectivity index (χ1v) is 17.0. The number of carbonyl (C=O) groups is 2. The molecule has 4 saturated carbocycles. The van der Waals surface area contributed by atoms with E-state index in [4.69, 9.17) is 9.47 Å². The minimum absolute atomic E-state index is 0.0628. The first kappa shape index (κ1) is 33.7. The molecule has 44 heavy (non-hydrogen) atoms. The van der Waals surface area contributed by atoms with Gasteiger partial charge in [0.15, 0.2) is 0 Å². The Labute approximate surface area is 264 Å². The highest BCUT2D eigenvalue weighted by Gasteiger charge is 2.73. The zero-order valence-electron chi connectivity index (χ0n) is 28.8. The Balaban J connectivity index is 1.63. The van der Waals surface area contributed by atoms with Crippen molar-refractivity contribution in [3.63, 3.8) is 0 Å². The highest BCUT2D eigenvalue weighted by atomic mass is 16.6. The maximum absolute atomic E-state index is 13.1. The maximum atomic E-state index is 13.1. The van der Waals surface area contributed by atoms with Crippen LogP contribution in [0.4, 0.5) is 0 Å². The average Bonchev–Trinajstić information content (AvgIpc) is 2.92. The Morgan fingerprint density at radius 3 is 2.16 bits per heavy atom. The second-order valence-corrected chi connectivity index (χ2v) is 17.2. The van der Waals surface area contributed by atoms with Crippen molar-refractivity contribution in [2.45, 2.75) is 139 Å². The molecule has 0 aromatic carbocycles. The maximum Gasteiger partial charge on any atom is 0.333 e. The third-order valence-electron chi connectivity index (χ3n) is 14.6. The molecule has 0 spiro atoms. The molecule has 11 atom stereocenters. The predicted octanol–water partition coefficient (Wildman–Crippen LogP) is 6.14. The standard InChI is InChI=1S/C37H58O7/c1-11-21(2)31(42)44-29-30(43-22(3)39)37(20-38)24(18-32(29,4)5)23-12-13-26-34(8)16-15-27(40)33(6,7)25(34)14-17-35(26,9)36(23,10)19-28(37)41/h11-12,24-30,38,40-41H,13-20H2,1-10H3/b21-11-/t24-,25-,26+,27-,28+,29-,30-,34-,35+,36+,37-/m0/s1. The monoisotopic (exact) mass is 614 g/mol. The van der Waals surface area contributed by atoms with Crippen molar-refractivity contribution in [2.24, 2.45) is 50.2 Å². The molecule has 0 aromatic heterocycles. The second kappa shape index (κ2) is 10.7. The number of aliphatic hydroxyl groups is 3. The first-order chi connectivity index (χ1) is 20.3. The van der Waals surface area contributed by atoms with Gasteiger partial charge in [0.1, 0.15) is 12.2 Å². The fourth-order valence-corrected chi connectivity index (χ4v) is 11.7. The molecule has 0 amide bonds. The number of aliphatic hydroxyl groups excluding tert-OH is 3. The van der Waals surface area contributed by atoms with Crippen molar-refractivity contribution in [1.82, 2.24) is 0 Å². The molecule has 0 aliphatic heterocycles. The number of rotatable bonds is 4. The van der Waals surface area contributed by atoms with Gasteiger partial charge < -0.3 is 24.8 Å². The van der Waals surface area contributed by atoms with Gasteiger partial charge >= 0.3 is 11.9 Å². The van der Waals surface area contributed by atoms with Crippen molar-refractivity contribution in [3.05, 3.63) is 23.3 Å². The summed E-state index contributed by atoms with van der Waals surface area (Å²) in [5.41, 5.74) is -0.624. The molecule has 4 fully saturated rings. The molecule has 0 radical (unpaired) electrons. The molecular formula is C37H58O7. The van der Waals surface area contributed by atoms with Gasteiger partial charge in [-0.1, -0.05) is 66.2 Å². The summed E-state index contributed by atoms with van der Waals surface area (Å²) in [6.07, 6.45) is 6.76. The molecule has 0 unspecified atom stereocenters. The lowest BCUT2D eigenvalue weighted by Crippen LogP contribution is -2.72. The minimum Gasteiger partial charge on any atom is -0.458 e. The van der Waals surface area contributed by atoms with E-state index < -0.39 is 41.1 Å². The molecule has 5 rings (SSSR count). The number of ether oxygens (including phenoxy) is 2. The SMILES string of the molecule is C/C=C(/C)C(=O)O[C@H]1[C@H](OC(C)=O)[C@]2(CO)[C@H](O)C[C@]3(C)C(=CC[C@@H]4[C@@]5(C)CC[C@H](O)C(C)(C)[C@@H]5CC[C@]43C)[C@@H]2CC1(C)C. The van der Waals surface area contributed by atoms with Crippen LogP contribution in [0.2, 0.25) is 0 Å². The van der Waals surface area contributed by atoms with Gasteiger partial charge in [-0.3, -0.25) is 4.79 Å². The van der Waals surface area contributed by atoms with E-state index in [9.17, 15) is 24.9 Å². The molecule has 3 N–H and O–H groups in total. The largest absolute Gasteiger partial charge is 0.458 e. The summed E-state index contributed by atoms with van der Waals surface area (Å²) >= 11 is 0. The summed E-state index contributed by atoms with van der Waals surface area (Å²) in [5, 5.41) is 34.7. The van der Waals surface area contributed by atoms with Crippen LogP contribution in [0.15, 0.2) is 23.3 Å². The zero-order chi connectivity index (χ0) is 32.8. The topological polar surface area (TPSA) is 113 Å². The third-order valence-corrected chi connectivity index (χ3v) is 14.6. The number of hydrogen-bond donors (Lipinski definition) is 3. The third kappa shape index (κ3) is 4.37. The summed E-state index contributed by atoms with van der Waals surface area (Å²) in [6.45, 7) is 20.2. The molecule has 0 bridgehead atoms. The van der Waals surface area contributed by atoms with Crippen LogP contribution in [0.3, 0.4) is 0 Å². The van der Waals surface area contributed by atoms with Gasteiger partial charge in [0, 0.05) is 17.9 Å². The number of allylic oxidation sites excluding steroid dienone is 3. The van der Waals surface area contributed by atoms with E-state index in [2.05, 4.69) is 40.7 Å². The lowest BCUT2D eigenvalue weighted by atomic mass is 9.33. The van der Waals surface area contributed by atoms with Crippen LogP contribution in [0.1, 0.15) is 114 Å². The van der Waals surface area contributed by atoms with Crippen LogP contribution in [-0.4, -0.2) is 58.3 Å². The van der Waals surface area contributed by atoms with E-state index in [-0.39, 0.29) is 40.3 Å². The smallest absolute Gasteiger partial charge is 0.333 e. The van der Waals surface area contributed by atoms with Crippen LogP contribution in [0.5, 0.6) is 0 Å². The highest BCUT2D eigenvalue weighted by molar-refractivity contribution is 5.87. The molecular weight excluding hydrogens is 556 g/mol. The van der Waals surface area contributed by atoms with E-state index in [1.165, 1.54) is 12.5 Å². The lowest BCUT2D eigenvalue weighted by molar-refractivity contribution is -0.265. The fraction of sp³-hybridized carbons (Fsp3) is 0.838. The molecule has 0 aromatic rings. The molecule has 5 aliphatic carbocycles. The molecule has 0 saturated heterocycles. The number of hydrogen-bond acceptors (Lipinski definition) is 7. The Morgan fingerprint density at radius 2 is 1.57 bits per heavy atom. The van der Waals surface area contributed by atoms with Crippen LogP contribution in [-0.2, 0) is 19.1 Å². The summed E-state index contributed by atoms with van der Waals surface area (Å²) in [4.78, 5) is 25.7. The van der Waals surface area contributed by atoms with Gasteiger partial charge in [-0.2, -0.15) is 0 Å². The van der Waals surface area contributed by atoms with E-state index >= 15 is 0 Å². The van der Waals surface area contributed by atoms with Crippen molar-refractivity contribution < 1.29 is 34.4 Å². The van der Waals surface area contributed by atoms with E-state index in [1.807, 2.05) is 13.8 Å². The van der Waals surface area contributed by atoms with E-state index in [0.717, 1.165) is 32.1 Å². The van der Waals surface area contributed by atoms with Crippen molar-refractivity contribution in [2.75, 3.05) is 6.61 Å². The first-order valence-electron chi connectivity index (χ1n) is 17.0. The Bertz CT molecular complexity index is 1250. The Hall–Kier alpha value is -1.70. The summed E-state index contributed by atoms with van der Waals surface area (Å²) in [7, 11) is 0. The Morgan fingerprint density at radius 1 is 0.909 bits per heavy atom. The van der Waals surface area contributed by atoms with Crippen LogP contribution in [0.25, 0.3) is 0 Å². The normalized spacial score (nSPS) is 47.6. The lowest BCUT2D eigenvalue weighted by Gasteiger charge is -2.72. The van der Waals surface area contributed by atoms with Gasteiger partial charge in [-0.05, 0) is 98.2 Å². The number of carbonyl (C=O) groups excluding carboxylic acids is 2. The van der Waals surface area contributed by atoms with E-state index in [1.54, 1.807) is 19.9 Å². The highest BCUT2D eigenvalue weighted by Crippen LogP contribution is 2.76. The predicted molar refractivity (Wildman–Crippen MR) is 169 cm³/mol. The number of fused-ring (bicyclic) bond motifs is 7. The van der Waals surface area contributed by atoms with Crippen molar-refractivity contribution in [3.8, 4) is 0 Å². The van der Waals surface area contributed by atoms with Crippen molar-refractivity contribution >= 4 is 11.9 Å². The Kier molecular flexibility index (Phi) is 8.16. The van der Waals surface area contributed by atoms with Gasteiger partial charge in [0.05, 0.1) is 24.2 Å². The van der Waals surface area contributed by atoms with Gasteiger partial charge in [0.2, 0.25) is 0 Å². The molecule has 248 valence electrons. The molecule has 5 aliphatic rings. The van der Waals surface area contributed by atoms with Crippen LogP contribution in [0, 0.1) is 50.2 Å². The zero-order valence-corrected chi connectivity index (χ0v) is 28.8. The van der Waals surface area contributed by atoms with Crippen LogP contribution >= 0.6 is 0 Å². The second-order valence-electron chi connectivity index (χ2n) is 17.2. The summed E-state index contributed by atoms with van der Waals surface area (Å²) < 4.78 is 12.2. The molecule has 0 heterocycles. The fourth-order valence-electron chi connectivity index (χ4n) is 11.7.